The van der Waals surface area contributed by atoms with Crippen LogP contribution in [0.25, 0.3) is 33.4 Å². The first-order chi connectivity index (χ1) is 15.4. The van der Waals surface area contributed by atoms with Crippen LogP contribution in [0.4, 0.5) is 5.69 Å². The Morgan fingerprint density at radius 3 is 2.53 bits per heavy atom. The predicted octanol–water partition coefficient (Wildman–Crippen LogP) is 2.68. The molecular formula is C23H24N4O4S. The van der Waals surface area contributed by atoms with Gasteiger partial charge in [0.1, 0.15) is 16.2 Å². The molecule has 0 saturated heterocycles. The number of anilines is 1. The fourth-order valence-electron chi connectivity index (χ4n) is 3.69. The van der Waals surface area contributed by atoms with Crippen molar-refractivity contribution < 1.29 is 17.4 Å². The Balaban J connectivity index is 2.08. The highest BCUT2D eigenvalue weighted by molar-refractivity contribution is 7.86. The lowest BCUT2D eigenvalue weighted by atomic mass is 9.93. The van der Waals surface area contributed by atoms with Gasteiger partial charge >= 0.3 is 0 Å². The van der Waals surface area contributed by atoms with E-state index < -0.39 is 10.1 Å². The van der Waals surface area contributed by atoms with Crippen molar-refractivity contribution in [2.45, 2.75) is 4.90 Å². The van der Waals surface area contributed by atoms with Crippen LogP contribution in [0.1, 0.15) is 0 Å². The van der Waals surface area contributed by atoms with Crippen LogP contribution in [0, 0.1) is 0 Å². The van der Waals surface area contributed by atoms with Gasteiger partial charge in [0.15, 0.2) is 0 Å². The second kappa shape index (κ2) is 9.09. The number of rotatable bonds is 7. The quantitative estimate of drug-likeness (QED) is 0.249. The molecule has 166 valence electrons. The second-order valence-electron chi connectivity index (χ2n) is 7.23. The first-order valence-corrected chi connectivity index (χ1v) is 11.6. The molecule has 0 radical (unpaired) electrons. The molecule has 0 aromatic heterocycles. The average Bonchev–Trinajstić information content (AvgIpc) is 2.79. The van der Waals surface area contributed by atoms with E-state index in [1.54, 1.807) is 24.3 Å². The maximum absolute atomic E-state index is 12.1. The first-order valence-electron chi connectivity index (χ1n) is 10.1. The number of fused-ring (bicyclic) bond motifs is 2. The molecule has 0 saturated carbocycles. The molecule has 0 atom stereocenters. The highest BCUT2D eigenvalue weighted by atomic mass is 32.2. The highest BCUT2D eigenvalue weighted by Gasteiger charge is 2.23. The molecule has 1 aliphatic heterocycles. The zero-order chi connectivity index (χ0) is 22.7. The van der Waals surface area contributed by atoms with Crippen LogP contribution < -0.4 is 22.1 Å². The fraction of sp³-hybridized carbons (Fsp3) is 0.174. The Bertz CT molecular complexity index is 1410. The number of benzene rings is 3. The summed E-state index contributed by atoms with van der Waals surface area (Å²) < 4.78 is 40.3. The van der Waals surface area contributed by atoms with Crippen molar-refractivity contribution >= 4 is 26.8 Å². The number of nitrogens with two attached hydrogens (primary N) is 2. The lowest BCUT2D eigenvalue weighted by Crippen LogP contribution is -2.13. The molecule has 0 fully saturated rings. The zero-order valence-electron chi connectivity index (χ0n) is 17.3. The van der Waals surface area contributed by atoms with Crippen molar-refractivity contribution in [3.8, 4) is 22.5 Å². The molecule has 0 amide bonds. The van der Waals surface area contributed by atoms with E-state index in [9.17, 15) is 13.0 Å². The molecule has 9 heteroatoms. The summed E-state index contributed by atoms with van der Waals surface area (Å²) >= 11 is 0. The van der Waals surface area contributed by atoms with Crippen LogP contribution in [0.3, 0.4) is 0 Å². The molecule has 8 nitrogen and oxygen atoms in total. The minimum atomic E-state index is -4.45. The van der Waals surface area contributed by atoms with E-state index >= 15 is 0 Å². The van der Waals surface area contributed by atoms with Gasteiger partial charge in [0.2, 0.25) is 0 Å². The SMILES string of the molecule is NCCN=c1ccc2c(-c3ccccc3S(=O)(=O)O)c3ccc(NCCN)cc3oc-2c1. The Labute approximate surface area is 185 Å². The van der Waals surface area contributed by atoms with Crippen molar-refractivity contribution in [3.63, 3.8) is 0 Å². The summed E-state index contributed by atoms with van der Waals surface area (Å²) in [7, 11) is -4.45. The molecule has 2 aliphatic rings. The molecule has 0 bridgehead atoms. The van der Waals surface area contributed by atoms with Gasteiger partial charge in [0, 0.05) is 59.5 Å². The summed E-state index contributed by atoms with van der Waals surface area (Å²) in [6.07, 6.45) is 0. The minimum Gasteiger partial charge on any atom is -0.456 e. The maximum atomic E-state index is 12.1. The molecule has 2 aromatic carbocycles. The third-order valence-corrected chi connectivity index (χ3v) is 5.95. The summed E-state index contributed by atoms with van der Waals surface area (Å²) in [5.41, 5.74) is 14.3. The average molecular weight is 453 g/mol. The summed E-state index contributed by atoms with van der Waals surface area (Å²) in [6, 6.07) is 17.4. The first kappa shape index (κ1) is 22.0. The van der Waals surface area contributed by atoms with Gasteiger partial charge < -0.3 is 21.2 Å². The maximum Gasteiger partial charge on any atom is 0.295 e. The normalized spacial score (nSPS) is 12.5. The van der Waals surface area contributed by atoms with E-state index in [0.29, 0.717) is 65.0 Å². The van der Waals surface area contributed by atoms with E-state index in [4.69, 9.17) is 15.9 Å². The topological polar surface area (TPSA) is 144 Å². The van der Waals surface area contributed by atoms with Crippen molar-refractivity contribution in [2.75, 3.05) is 31.5 Å². The highest BCUT2D eigenvalue weighted by Crippen LogP contribution is 2.42. The standard InChI is InChI=1S/C23H24N4O4S/c24-9-11-26-15-5-7-17-20(13-15)31-21-14-16(27-12-10-25)6-8-18(21)23(17)19-3-1-2-4-22(19)32(28,29)30/h1-8,13-14,26H,9-12,24-25H2,(H,28,29,30). The van der Waals surface area contributed by atoms with Crippen LogP contribution in [-0.4, -0.2) is 39.1 Å². The van der Waals surface area contributed by atoms with Gasteiger partial charge in [-0.1, -0.05) is 18.2 Å². The lowest BCUT2D eigenvalue weighted by molar-refractivity contribution is 0.483. The van der Waals surface area contributed by atoms with Crippen molar-refractivity contribution in [1.29, 1.82) is 0 Å². The Kier molecular flexibility index (Phi) is 6.24. The Morgan fingerprint density at radius 2 is 1.78 bits per heavy atom. The van der Waals surface area contributed by atoms with Gasteiger partial charge in [-0.25, -0.2) is 0 Å². The predicted molar refractivity (Wildman–Crippen MR) is 125 cm³/mol. The van der Waals surface area contributed by atoms with Gasteiger partial charge in [-0.3, -0.25) is 9.55 Å². The minimum absolute atomic E-state index is 0.170. The molecule has 1 aliphatic carbocycles. The molecule has 1 heterocycles. The lowest BCUT2D eigenvalue weighted by Gasteiger charge is -2.17. The monoisotopic (exact) mass is 452 g/mol. The third kappa shape index (κ3) is 4.37. The van der Waals surface area contributed by atoms with E-state index in [2.05, 4.69) is 10.3 Å². The third-order valence-electron chi connectivity index (χ3n) is 5.04. The molecule has 0 spiro atoms. The molecule has 4 rings (SSSR count). The van der Waals surface area contributed by atoms with Crippen molar-refractivity contribution in [2.24, 2.45) is 16.5 Å². The van der Waals surface area contributed by atoms with Crippen molar-refractivity contribution in [3.05, 3.63) is 66.0 Å². The van der Waals surface area contributed by atoms with E-state index in [1.165, 1.54) is 6.07 Å². The van der Waals surface area contributed by atoms with Gasteiger partial charge in [0.05, 0.1) is 11.9 Å². The van der Waals surface area contributed by atoms with E-state index in [1.807, 2.05) is 30.3 Å². The van der Waals surface area contributed by atoms with Crippen LogP contribution >= 0.6 is 0 Å². The summed E-state index contributed by atoms with van der Waals surface area (Å²) in [6.45, 7) is 1.98. The number of hydrogen-bond acceptors (Lipinski definition) is 7. The van der Waals surface area contributed by atoms with Crippen LogP contribution in [0.5, 0.6) is 0 Å². The van der Waals surface area contributed by atoms with Crippen LogP contribution in [-0.2, 0) is 10.1 Å². The van der Waals surface area contributed by atoms with Gasteiger partial charge in [0.25, 0.3) is 10.1 Å². The molecule has 0 unspecified atom stereocenters. The molecule has 6 N–H and O–H groups in total. The fourth-order valence-corrected chi connectivity index (χ4v) is 4.38. The zero-order valence-corrected chi connectivity index (χ0v) is 18.1. The van der Waals surface area contributed by atoms with Crippen LogP contribution in [0.2, 0.25) is 0 Å². The molecule has 32 heavy (non-hydrogen) atoms. The second-order valence-corrected chi connectivity index (χ2v) is 8.62. The number of nitrogens with zero attached hydrogens (tertiary/aromatic N) is 1. The smallest absolute Gasteiger partial charge is 0.295 e. The van der Waals surface area contributed by atoms with E-state index in [0.717, 1.165) is 5.69 Å². The van der Waals surface area contributed by atoms with Gasteiger partial charge in [-0.2, -0.15) is 8.42 Å². The molecular weight excluding hydrogens is 428 g/mol. The van der Waals surface area contributed by atoms with Gasteiger partial charge in [-0.05, 0) is 30.3 Å². The molecule has 2 aromatic rings. The largest absolute Gasteiger partial charge is 0.456 e. The Hall–Kier alpha value is -3.24. The Morgan fingerprint density at radius 1 is 0.969 bits per heavy atom. The summed E-state index contributed by atoms with van der Waals surface area (Å²) in [4.78, 5) is 4.25. The number of nitrogens with one attached hydrogen (secondary N) is 1. The van der Waals surface area contributed by atoms with Crippen LogP contribution in [0.15, 0.2) is 75.0 Å². The summed E-state index contributed by atoms with van der Waals surface area (Å²) in [5, 5.41) is 4.63. The summed E-state index contributed by atoms with van der Waals surface area (Å²) in [5.74, 6) is 0.534. The number of hydrogen-bond donors (Lipinski definition) is 4. The van der Waals surface area contributed by atoms with Gasteiger partial charge in [-0.15, -0.1) is 0 Å². The van der Waals surface area contributed by atoms with Crippen molar-refractivity contribution in [1.82, 2.24) is 0 Å². The van der Waals surface area contributed by atoms with E-state index in [-0.39, 0.29) is 4.90 Å².